The van der Waals surface area contributed by atoms with Crippen molar-refractivity contribution in [3.8, 4) is 0 Å². The number of thioether (sulfide) groups is 1. The van der Waals surface area contributed by atoms with Crippen molar-refractivity contribution >= 4 is 27.7 Å². The van der Waals surface area contributed by atoms with Crippen LogP contribution in [-0.2, 0) is 14.8 Å². The molecule has 0 radical (unpaired) electrons. The number of nitrogens with one attached hydrogen (secondary N) is 2. The maximum atomic E-state index is 12.7. The van der Waals surface area contributed by atoms with E-state index in [0.717, 1.165) is 37.2 Å². The average Bonchev–Trinajstić information content (AvgIpc) is 2.77. The van der Waals surface area contributed by atoms with Gasteiger partial charge < -0.3 is 4.90 Å². The first-order valence-corrected chi connectivity index (χ1v) is 12.3. The van der Waals surface area contributed by atoms with Crippen LogP contribution < -0.4 is 10.3 Å². The quantitative estimate of drug-likeness (QED) is 0.469. The van der Waals surface area contributed by atoms with Crippen molar-refractivity contribution < 1.29 is 13.2 Å². The second-order valence-corrected chi connectivity index (χ2v) is 9.81. The molecule has 0 saturated carbocycles. The molecule has 1 fully saturated rings. The third-order valence-corrected chi connectivity index (χ3v) is 7.23. The molecule has 0 aromatic heterocycles. The zero-order chi connectivity index (χ0) is 20.5. The Bertz CT molecular complexity index is 871. The molecule has 29 heavy (non-hydrogen) atoms. The van der Waals surface area contributed by atoms with E-state index in [1.165, 1.54) is 12.1 Å². The van der Waals surface area contributed by atoms with Gasteiger partial charge in [0.25, 0.3) is 10.0 Å². The maximum absolute atomic E-state index is 12.7. The van der Waals surface area contributed by atoms with Gasteiger partial charge in [0.05, 0.1) is 4.90 Å². The Labute approximate surface area is 177 Å². The SMILES string of the molecule is O=C(CC(CSc1ccccc1)NNS(=O)(=O)c1ccccc1)N1CCCCC1. The smallest absolute Gasteiger partial charge is 0.253 e. The van der Waals surface area contributed by atoms with E-state index in [1.54, 1.807) is 30.0 Å². The number of hydrazine groups is 1. The van der Waals surface area contributed by atoms with E-state index >= 15 is 0 Å². The molecule has 2 aromatic carbocycles. The molecule has 1 amide bonds. The normalized spacial score (nSPS) is 15.8. The number of piperidine rings is 1. The lowest BCUT2D eigenvalue weighted by Crippen LogP contribution is -2.48. The standard InChI is InChI=1S/C21H27N3O3S2/c25-21(24-14-8-3-9-15-24)16-18(17-28-19-10-4-1-5-11-19)22-23-29(26,27)20-12-6-2-7-13-20/h1-2,4-7,10-13,18,22-23H,3,8-9,14-17H2. The molecule has 1 saturated heterocycles. The van der Waals surface area contributed by atoms with Gasteiger partial charge in [-0.15, -0.1) is 16.6 Å². The van der Waals surface area contributed by atoms with Crippen LogP contribution in [0.5, 0.6) is 0 Å². The van der Waals surface area contributed by atoms with Gasteiger partial charge in [-0.05, 0) is 43.5 Å². The number of hydrogen-bond donors (Lipinski definition) is 2. The molecule has 0 aliphatic carbocycles. The summed E-state index contributed by atoms with van der Waals surface area (Å²) in [4.78, 5) is 18.3. The highest BCUT2D eigenvalue weighted by Gasteiger charge is 2.23. The van der Waals surface area contributed by atoms with E-state index in [9.17, 15) is 13.2 Å². The van der Waals surface area contributed by atoms with Crippen molar-refractivity contribution in [1.29, 1.82) is 0 Å². The number of nitrogens with zero attached hydrogens (tertiary/aromatic N) is 1. The summed E-state index contributed by atoms with van der Waals surface area (Å²) in [6.07, 6.45) is 3.47. The van der Waals surface area contributed by atoms with E-state index in [-0.39, 0.29) is 23.3 Å². The first kappa shape index (κ1) is 21.8. The van der Waals surface area contributed by atoms with Crippen LogP contribution in [0.3, 0.4) is 0 Å². The molecule has 6 nitrogen and oxygen atoms in total. The zero-order valence-corrected chi connectivity index (χ0v) is 17.9. The van der Waals surface area contributed by atoms with E-state index in [2.05, 4.69) is 10.3 Å². The third kappa shape index (κ3) is 6.85. The number of benzene rings is 2. The number of hydrogen-bond acceptors (Lipinski definition) is 5. The Kier molecular flexibility index (Phi) is 8.11. The molecule has 156 valence electrons. The highest BCUT2D eigenvalue weighted by molar-refractivity contribution is 7.99. The van der Waals surface area contributed by atoms with E-state index in [1.807, 2.05) is 35.2 Å². The van der Waals surface area contributed by atoms with Crippen molar-refractivity contribution in [3.05, 3.63) is 60.7 Å². The van der Waals surface area contributed by atoms with Crippen LogP contribution in [0.2, 0.25) is 0 Å². The van der Waals surface area contributed by atoms with Crippen LogP contribution in [0.1, 0.15) is 25.7 Å². The molecule has 2 N–H and O–H groups in total. The first-order chi connectivity index (χ1) is 14.0. The Balaban J connectivity index is 1.63. The van der Waals surface area contributed by atoms with Gasteiger partial charge in [-0.3, -0.25) is 4.79 Å². The number of rotatable bonds is 9. The van der Waals surface area contributed by atoms with E-state index in [4.69, 9.17) is 0 Å². The molecular weight excluding hydrogens is 406 g/mol. The first-order valence-electron chi connectivity index (χ1n) is 9.82. The number of carbonyl (C=O) groups excluding carboxylic acids is 1. The van der Waals surface area contributed by atoms with Crippen molar-refractivity contribution in [2.75, 3.05) is 18.8 Å². The van der Waals surface area contributed by atoms with Gasteiger partial charge in [0, 0.05) is 36.2 Å². The Hall–Kier alpha value is -1.87. The molecule has 8 heteroatoms. The number of amides is 1. The third-order valence-electron chi connectivity index (χ3n) is 4.78. The van der Waals surface area contributed by atoms with Crippen LogP contribution >= 0.6 is 11.8 Å². The maximum Gasteiger partial charge on any atom is 0.253 e. The molecule has 0 bridgehead atoms. The predicted octanol–water partition coefficient (Wildman–Crippen LogP) is 3.03. The van der Waals surface area contributed by atoms with Crippen molar-refractivity contribution in [3.63, 3.8) is 0 Å². The molecule has 1 aliphatic heterocycles. The van der Waals surface area contributed by atoms with Crippen molar-refractivity contribution in [2.24, 2.45) is 0 Å². The summed E-state index contributed by atoms with van der Waals surface area (Å²) in [5.74, 6) is 0.635. The van der Waals surface area contributed by atoms with Crippen LogP contribution in [0.4, 0.5) is 0 Å². The second kappa shape index (κ2) is 10.8. The van der Waals surface area contributed by atoms with Gasteiger partial charge in [0.1, 0.15) is 0 Å². The molecule has 1 atom stereocenters. The van der Waals surface area contributed by atoms with Crippen molar-refractivity contribution in [1.82, 2.24) is 15.2 Å². The summed E-state index contributed by atoms with van der Waals surface area (Å²) in [6, 6.07) is 17.8. The fraction of sp³-hybridized carbons (Fsp3) is 0.381. The summed E-state index contributed by atoms with van der Waals surface area (Å²) < 4.78 is 25.0. The number of carbonyl (C=O) groups is 1. The van der Waals surface area contributed by atoms with Gasteiger partial charge in [-0.25, -0.2) is 13.8 Å². The van der Waals surface area contributed by atoms with Crippen LogP contribution in [0, 0.1) is 0 Å². The fourth-order valence-electron chi connectivity index (χ4n) is 3.17. The van der Waals surface area contributed by atoms with Gasteiger partial charge in [-0.2, -0.15) is 0 Å². The monoisotopic (exact) mass is 433 g/mol. The lowest BCUT2D eigenvalue weighted by Gasteiger charge is -2.28. The zero-order valence-electron chi connectivity index (χ0n) is 16.3. The van der Waals surface area contributed by atoms with Gasteiger partial charge in [0.2, 0.25) is 5.91 Å². The average molecular weight is 434 g/mol. The molecule has 2 aromatic rings. The Morgan fingerprint density at radius 1 is 0.966 bits per heavy atom. The lowest BCUT2D eigenvalue weighted by molar-refractivity contribution is -0.132. The Morgan fingerprint density at radius 2 is 1.59 bits per heavy atom. The van der Waals surface area contributed by atoms with Gasteiger partial charge >= 0.3 is 0 Å². The molecule has 0 spiro atoms. The van der Waals surface area contributed by atoms with E-state index in [0.29, 0.717) is 5.75 Å². The highest BCUT2D eigenvalue weighted by Crippen LogP contribution is 2.20. The van der Waals surface area contributed by atoms with Crippen LogP contribution in [-0.4, -0.2) is 44.1 Å². The minimum atomic E-state index is -3.69. The lowest BCUT2D eigenvalue weighted by atomic mass is 10.1. The number of sulfonamides is 1. The molecule has 1 heterocycles. The predicted molar refractivity (Wildman–Crippen MR) is 116 cm³/mol. The topological polar surface area (TPSA) is 78.5 Å². The summed E-state index contributed by atoms with van der Waals surface area (Å²) >= 11 is 1.60. The largest absolute Gasteiger partial charge is 0.343 e. The Morgan fingerprint density at radius 3 is 2.24 bits per heavy atom. The second-order valence-electron chi connectivity index (χ2n) is 7.03. The van der Waals surface area contributed by atoms with Gasteiger partial charge in [-0.1, -0.05) is 36.4 Å². The summed E-state index contributed by atoms with van der Waals surface area (Å²) in [6.45, 7) is 1.57. The van der Waals surface area contributed by atoms with Gasteiger partial charge in [0.15, 0.2) is 0 Å². The van der Waals surface area contributed by atoms with Crippen LogP contribution in [0.15, 0.2) is 70.5 Å². The van der Waals surface area contributed by atoms with E-state index < -0.39 is 10.0 Å². The molecule has 3 rings (SSSR count). The summed E-state index contributed by atoms with van der Waals surface area (Å²) in [7, 11) is -3.69. The fourth-order valence-corrected chi connectivity index (χ4v) is 5.07. The minimum absolute atomic E-state index is 0.0646. The summed E-state index contributed by atoms with van der Waals surface area (Å²) in [5.41, 5.74) is 2.89. The van der Waals surface area contributed by atoms with Crippen molar-refractivity contribution in [2.45, 2.75) is 41.5 Å². The number of likely N-dealkylation sites (tertiary alicyclic amines) is 1. The summed E-state index contributed by atoms with van der Waals surface area (Å²) in [5, 5.41) is 0. The van der Waals surface area contributed by atoms with Crippen LogP contribution in [0.25, 0.3) is 0 Å². The molecule has 1 aliphatic rings. The highest BCUT2D eigenvalue weighted by atomic mass is 32.2. The molecular formula is C21H27N3O3S2. The molecule has 1 unspecified atom stereocenters. The minimum Gasteiger partial charge on any atom is -0.343 e.